The average molecular weight is 210 g/mol. The molecule has 0 unspecified atom stereocenters. The maximum absolute atomic E-state index is 5.42. The molecule has 2 heteroatoms. The molecule has 0 saturated heterocycles. The lowest BCUT2D eigenvalue weighted by atomic mass is 10.0. The summed E-state index contributed by atoms with van der Waals surface area (Å²) in [4.78, 5) is 0. The van der Waals surface area contributed by atoms with Crippen LogP contribution in [0.15, 0.2) is 48.5 Å². The van der Waals surface area contributed by atoms with E-state index in [1.807, 2.05) is 20.0 Å². The Morgan fingerprint density at radius 1 is 0.875 bits per heavy atom. The number of aryl methyl sites for hydroxylation is 1. The van der Waals surface area contributed by atoms with Crippen LogP contribution >= 0.6 is 0 Å². The first-order chi connectivity index (χ1) is 7.79. The number of ether oxygens (including phenoxy) is 1. The van der Waals surface area contributed by atoms with Crippen LogP contribution in [0.1, 0.15) is 5.56 Å². The Bertz CT molecular complexity index is 445. The van der Waals surface area contributed by atoms with E-state index in [0.29, 0.717) is 6.51 Å². The van der Waals surface area contributed by atoms with Crippen LogP contribution in [-0.4, -0.2) is 14.4 Å². The zero-order valence-corrected chi connectivity index (χ0v) is 9.73. The summed E-state index contributed by atoms with van der Waals surface area (Å²) in [6.07, 6.45) is 0. The van der Waals surface area contributed by atoms with E-state index in [-0.39, 0.29) is 0 Å². The van der Waals surface area contributed by atoms with Gasteiger partial charge in [-0.15, -0.1) is 0 Å². The van der Waals surface area contributed by atoms with Gasteiger partial charge in [0.1, 0.15) is 5.75 Å². The molecule has 0 amide bonds. The zero-order chi connectivity index (χ0) is 11.4. The molecular weight excluding hydrogens is 195 g/mol. The topological polar surface area (TPSA) is 9.23 Å². The van der Waals surface area contributed by atoms with Gasteiger partial charge in [-0.3, -0.25) is 0 Å². The summed E-state index contributed by atoms with van der Waals surface area (Å²) in [5.74, 6) is 0.929. The summed E-state index contributed by atoms with van der Waals surface area (Å²) in [5.41, 5.74) is 3.76. The summed E-state index contributed by atoms with van der Waals surface area (Å²) in [5, 5.41) is 0. The third-order valence-corrected chi connectivity index (χ3v) is 2.55. The SMILES string of the molecule is BCOc1ccc(-c2ccc(C)cc2)cc1. The predicted octanol–water partition coefficient (Wildman–Crippen LogP) is 2.63. The largest absolute Gasteiger partial charge is 0.503 e. The van der Waals surface area contributed by atoms with Crippen molar-refractivity contribution < 1.29 is 4.74 Å². The summed E-state index contributed by atoms with van der Waals surface area (Å²) >= 11 is 0. The fraction of sp³-hybridized carbons (Fsp3) is 0.143. The molecule has 0 spiro atoms. The molecule has 0 bridgehead atoms. The molecule has 0 atom stereocenters. The van der Waals surface area contributed by atoms with E-state index >= 15 is 0 Å². The molecule has 80 valence electrons. The predicted molar refractivity (Wildman–Crippen MR) is 70.7 cm³/mol. The molecule has 1 nitrogen and oxygen atoms in total. The minimum absolute atomic E-state index is 0.712. The normalized spacial score (nSPS) is 10.1. The van der Waals surface area contributed by atoms with Gasteiger partial charge in [0, 0.05) is 0 Å². The lowest BCUT2D eigenvalue weighted by Crippen LogP contribution is -1.94. The molecule has 16 heavy (non-hydrogen) atoms. The second kappa shape index (κ2) is 4.89. The molecule has 0 aromatic heterocycles. The molecular formula is C14H15BO. The van der Waals surface area contributed by atoms with Crippen LogP contribution in [0.5, 0.6) is 5.75 Å². The van der Waals surface area contributed by atoms with Crippen LogP contribution in [0.2, 0.25) is 0 Å². The smallest absolute Gasteiger partial charge is 0.150 e. The van der Waals surface area contributed by atoms with E-state index < -0.39 is 0 Å². The minimum atomic E-state index is 0.712. The second-order valence-corrected chi connectivity index (χ2v) is 3.82. The summed E-state index contributed by atoms with van der Waals surface area (Å²) in [6, 6.07) is 16.8. The average Bonchev–Trinajstić information content (AvgIpc) is 2.32. The Labute approximate surface area is 97.5 Å². The van der Waals surface area contributed by atoms with Gasteiger partial charge in [-0.1, -0.05) is 42.0 Å². The van der Waals surface area contributed by atoms with Crippen molar-refractivity contribution in [2.24, 2.45) is 0 Å². The van der Waals surface area contributed by atoms with Crippen molar-refractivity contribution in [1.29, 1.82) is 0 Å². The fourth-order valence-electron chi connectivity index (χ4n) is 1.66. The lowest BCUT2D eigenvalue weighted by molar-refractivity contribution is 0.387. The molecule has 0 radical (unpaired) electrons. The molecule has 0 aliphatic carbocycles. The van der Waals surface area contributed by atoms with Gasteiger partial charge in [0.25, 0.3) is 0 Å². The van der Waals surface area contributed by atoms with Gasteiger partial charge in [0.15, 0.2) is 7.85 Å². The molecule has 0 heterocycles. The first kappa shape index (κ1) is 10.8. The first-order valence-electron chi connectivity index (χ1n) is 5.59. The third-order valence-electron chi connectivity index (χ3n) is 2.55. The summed E-state index contributed by atoms with van der Waals surface area (Å²) < 4.78 is 5.42. The van der Waals surface area contributed by atoms with Gasteiger partial charge < -0.3 is 4.74 Å². The molecule has 0 fully saturated rings. The van der Waals surface area contributed by atoms with Crippen LogP contribution in [0.3, 0.4) is 0 Å². The number of hydrogen-bond acceptors (Lipinski definition) is 1. The van der Waals surface area contributed by atoms with Crippen LogP contribution in [0.25, 0.3) is 11.1 Å². The highest BCUT2D eigenvalue weighted by molar-refractivity contribution is 6.08. The lowest BCUT2D eigenvalue weighted by Gasteiger charge is -2.05. The second-order valence-electron chi connectivity index (χ2n) is 3.82. The van der Waals surface area contributed by atoms with Crippen molar-refractivity contribution >= 4 is 7.85 Å². The Balaban J connectivity index is 2.24. The van der Waals surface area contributed by atoms with Crippen molar-refractivity contribution in [3.63, 3.8) is 0 Å². The highest BCUT2D eigenvalue weighted by Gasteiger charge is 1.97. The van der Waals surface area contributed by atoms with Gasteiger partial charge in [0.05, 0.1) is 6.51 Å². The highest BCUT2D eigenvalue weighted by atomic mass is 16.5. The van der Waals surface area contributed by atoms with Crippen LogP contribution < -0.4 is 4.74 Å². The monoisotopic (exact) mass is 210 g/mol. The maximum Gasteiger partial charge on any atom is 0.150 e. The molecule has 2 aromatic rings. The summed E-state index contributed by atoms with van der Waals surface area (Å²) in [6.45, 7) is 2.81. The summed E-state index contributed by atoms with van der Waals surface area (Å²) in [7, 11) is 1.99. The Morgan fingerprint density at radius 3 is 1.88 bits per heavy atom. The Hall–Kier alpha value is -1.70. The third kappa shape index (κ3) is 2.46. The minimum Gasteiger partial charge on any atom is -0.503 e. The molecule has 0 N–H and O–H groups in total. The van der Waals surface area contributed by atoms with Gasteiger partial charge >= 0.3 is 0 Å². The van der Waals surface area contributed by atoms with E-state index in [9.17, 15) is 0 Å². The quantitative estimate of drug-likeness (QED) is 0.707. The molecule has 0 aliphatic heterocycles. The van der Waals surface area contributed by atoms with E-state index in [0.717, 1.165) is 5.75 Å². The van der Waals surface area contributed by atoms with E-state index in [4.69, 9.17) is 4.74 Å². The molecule has 0 aliphatic rings. The van der Waals surface area contributed by atoms with Crippen LogP contribution in [0.4, 0.5) is 0 Å². The van der Waals surface area contributed by atoms with E-state index in [1.54, 1.807) is 0 Å². The fourth-order valence-corrected chi connectivity index (χ4v) is 1.66. The van der Waals surface area contributed by atoms with Gasteiger partial charge in [-0.05, 0) is 30.2 Å². The molecule has 0 saturated carbocycles. The van der Waals surface area contributed by atoms with Crippen LogP contribution in [0, 0.1) is 6.92 Å². The molecule has 2 rings (SSSR count). The number of hydrogen-bond donors (Lipinski definition) is 0. The van der Waals surface area contributed by atoms with E-state index in [2.05, 4.69) is 43.3 Å². The van der Waals surface area contributed by atoms with E-state index in [1.165, 1.54) is 16.7 Å². The number of benzene rings is 2. The van der Waals surface area contributed by atoms with Crippen molar-refractivity contribution in [3.05, 3.63) is 54.1 Å². The van der Waals surface area contributed by atoms with Crippen molar-refractivity contribution in [2.75, 3.05) is 6.51 Å². The maximum atomic E-state index is 5.42. The van der Waals surface area contributed by atoms with Gasteiger partial charge in [-0.25, -0.2) is 0 Å². The van der Waals surface area contributed by atoms with Gasteiger partial charge in [0.2, 0.25) is 0 Å². The van der Waals surface area contributed by atoms with Crippen molar-refractivity contribution in [2.45, 2.75) is 6.92 Å². The van der Waals surface area contributed by atoms with Crippen molar-refractivity contribution in [1.82, 2.24) is 0 Å². The Kier molecular flexibility index (Phi) is 3.30. The molecule has 2 aromatic carbocycles. The number of rotatable bonds is 3. The zero-order valence-electron chi connectivity index (χ0n) is 9.73. The van der Waals surface area contributed by atoms with Crippen molar-refractivity contribution in [3.8, 4) is 16.9 Å². The van der Waals surface area contributed by atoms with Gasteiger partial charge in [-0.2, -0.15) is 0 Å². The Morgan fingerprint density at radius 2 is 1.38 bits per heavy atom. The standard InChI is InChI=1S/C14H15BO/c1-11-2-4-12(5-3-11)13-6-8-14(9-7-13)16-10-15/h2-9H,10,15H2,1H3. The van der Waals surface area contributed by atoms with Crippen LogP contribution in [-0.2, 0) is 0 Å². The first-order valence-corrected chi connectivity index (χ1v) is 5.59. The highest BCUT2D eigenvalue weighted by Crippen LogP contribution is 2.22.